The molecule has 0 spiro atoms. The van der Waals surface area contributed by atoms with Crippen molar-refractivity contribution in [1.29, 1.82) is 0 Å². The third-order valence-electron chi connectivity index (χ3n) is 2.25. The number of halogens is 1. The summed E-state index contributed by atoms with van der Waals surface area (Å²) in [5, 5.41) is 9.35. The summed E-state index contributed by atoms with van der Waals surface area (Å²) in [4.78, 5) is 9.83. The number of hydrogen-bond acceptors (Lipinski definition) is 5. The highest BCUT2D eigenvalue weighted by Crippen LogP contribution is 2.26. The largest absolute Gasteiger partial charge is 0.395 e. The van der Waals surface area contributed by atoms with Crippen LogP contribution in [0, 0.1) is 0 Å². The van der Waals surface area contributed by atoms with Crippen molar-refractivity contribution in [2.75, 3.05) is 30.3 Å². The molecule has 1 aromatic heterocycles. The van der Waals surface area contributed by atoms with Gasteiger partial charge in [0.25, 0.3) is 0 Å². The number of nitrogen functional groups attached to an aromatic ring is 1. The highest BCUT2D eigenvalue weighted by Gasteiger charge is 2.13. The van der Waals surface area contributed by atoms with Gasteiger partial charge in [0, 0.05) is 13.1 Å². The Kier molecular flexibility index (Phi) is 5.28. The summed E-state index contributed by atoms with van der Waals surface area (Å²) >= 11 is 6.03. The van der Waals surface area contributed by atoms with E-state index in [-0.39, 0.29) is 12.4 Å². The molecule has 90 valence electrons. The molecule has 5 nitrogen and oxygen atoms in total. The van der Waals surface area contributed by atoms with E-state index in [0.717, 1.165) is 19.4 Å². The predicted octanol–water partition coefficient (Wildman–Crippen LogP) is 1.31. The van der Waals surface area contributed by atoms with Crippen LogP contribution in [0.3, 0.4) is 0 Å². The van der Waals surface area contributed by atoms with Crippen molar-refractivity contribution in [1.82, 2.24) is 9.97 Å². The number of nitrogens with two attached hydrogens (primary N) is 1. The van der Waals surface area contributed by atoms with E-state index in [4.69, 9.17) is 22.4 Å². The van der Waals surface area contributed by atoms with Crippen LogP contribution in [0.4, 0.5) is 11.6 Å². The molecule has 0 fully saturated rings. The van der Waals surface area contributed by atoms with Crippen molar-refractivity contribution in [3.8, 4) is 0 Å². The van der Waals surface area contributed by atoms with E-state index in [1.165, 1.54) is 6.33 Å². The van der Waals surface area contributed by atoms with Gasteiger partial charge in [-0.25, -0.2) is 9.97 Å². The van der Waals surface area contributed by atoms with E-state index >= 15 is 0 Å². The number of aromatic nitrogens is 2. The third kappa shape index (κ3) is 3.21. The number of aliphatic hydroxyl groups excluding tert-OH is 1. The maximum absolute atomic E-state index is 9.00. The Balaban J connectivity index is 2.86. The zero-order valence-corrected chi connectivity index (χ0v) is 10.1. The summed E-state index contributed by atoms with van der Waals surface area (Å²) in [6, 6.07) is 0. The monoisotopic (exact) mass is 244 g/mol. The first kappa shape index (κ1) is 13.0. The molecule has 0 aliphatic carbocycles. The topological polar surface area (TPSA) is 75.3 Å². The van der Waals surface area contributed by atoms with Crippen LogP contribution in [0.15, 0.2) is 6.33 Å². The van der Waals surface area contributed by atoms with E-state index in [1.807, 2.05) is 4.90 Å². The molecular formula is C10H17ClN4O. The van der Waals surface area contributed by atoms with Crippen LogP contribution in [0.5, 0.6) is 0 Å². The highest BCUT2D eigenvalue weighted by molar-refractivity contribution is 6.35. The van der Waals surface area contributed by atoms with Gasteiger partial charge in [-0.15, -0.1) is 0 Å². The number of anilines is 2. The van der Waals surface area contributed by atoms with Crippen molar-refractivity contribution in [3.05, 3.63) is 11.3 Å². The summed E-state index contributed by atoms with van der Waals surface area (Å²) < 4.78 is 0. The molecular weight excluding hydrogens is 228 g/mol. The molecule has 1 aromatic rings. The molecule has 0 aliphatic heterocycles. The van der Waals surface area contributed by atoms with Crippen molar-refractivity contribution in [2.24, 2.45) is 0 Å². The molecule has 0 amide bonds. The van der Waals surface area contributed by atoms with Crippen LogP contribution in [0.2, 0.25) is 5.02 Å². The lowest BCUT2D eigenvalue weighted by Crippen LogP contribution is -2.29. The molecule has 1 rings (SSSR count). The number of unbranched alkanes of at least 4 members (excludes halogenated alkanes) is 1. The first-order valence-electron chi connectivity index (χ1n) is 5.32. The van der Waals surface area contributed by atoms with E-state index in [9.17, 15) is 0 Å². The molecule has 0 radical (unpaired) electrons. The lowest BCUT2D eigenvalue weighted by atomic mass is 10.3. The summed E-state index contributed by atoms with van der Waals surface area (Å²) in [5.41, 5.74) is 5.61. The van der Waals surface area contributed by atoms with Crippen molar-refractivity contribution in [2.45, 2.75) is 19.8 Å². The average Bonchev–Trinajstić information content (AvgIpc) is 2.28. The Morgan fingerprint density at radius 1 is 1.44 bits per heavy atom. The molecule has 0 unspecified atom stereocenters. The second-order valence-electron chi connectivity index (χ2n) is 3.46. The van der Waals surface area contributed by atoms with Gasteiger partial charge in [-0.3, -0.25) is 0 Å². The fourth-order valence-electron chi connectivity index (χ4n) is 1.39. The van der Waals surface area contributed by atoms with E-state index in [0.29, 0.717) is 17.4 Å². The number of rotatable bonds is 6. The summed E-state index contributed by atoms with van der Waals surface area (Å²) in [6.07, 6.45) is 3.47. The molecule has 0 aromatic carbocycles. The molecule has 0 saturated carbocycles. The summed E-state index contributed by atoms with van der Waals surface area (Å²) in [6.45, 7) is 3.46. The van der Waals surface area contributed by atoms with Crippen LogP contribution in [0.1, 0.15) is 19.8 Å². The molecule has 1 heterocycles. The zero-order chi connectivity index (χ0) is 12.0. The first-order valence-corrected chi connectivity index (χ1v) is 5.70. The molecule has 3 N–H and O–H groups in total. The number of aliphatic hydroxyl groups is 1. The van der Waals surface area contributed by atoms with Gasteiger partial charge < -0.3 is 15.7 Å². The van der Waals surface area contributed by atoms with Crippen LogP contribution >= 0.6 is 11.6 Å². The van der Waals surface area contributed by atoms with Crippen molar-refractivity contribution >= 4 is 23.2 Å². The normalized spacial score (nSPS) is 10.4. The highest BCUT2D eigenvalue weighted by atomic mass is 35.5. The van der Waals surface area contributed by atoms with Crippen LogP contribution in [-0.2, 0) is 0 Å². The lowest BCUT2D eigenvalue weighted by Gasteiger charge is -2.23. The van der Waals surface area contributed by atoms with Gasteiger partial charge in [-0.1, -0.05) is 24.9 Å². The Labute approximate surface area is 100 Å². The Hall–Kier alpha value is -1.07. The predicted molar refractivity (Wildman–Crippen MR) is 65.7 cm³/mol. The van der Waals surface area contributed by atoms with Gasteiger partial charge in [0.15, 0.2) is 5.82 Å². The van der Waals surface area contributed by atoms with Crippen molar-refractivity contribution < 1.29 is 5.11 Å². The van der Waals surface area contributed by atoms with Gasteiger partial charge in [-0.2, -0.15) is 0 Å². The van der Waals surface area contributed by atoms with Crippen LogP contribution in [0.25, 0.3) is 0 Å². The number of hydrogen-bond donors (Lipinski definition) is 2. The van der Waals surface area contributed by atoms with Gasteiger partial charge in [0.1, 0.15) is 17.2 Å². The van der Waals surface area contributed by atoms with Gasteiger partial charge in [0.2, 0.25) is 0 Å². The Bertz CT molecular complexity index is 335. The van der Waals surface area contributed by atoms with E-state index in [1.54, 1.807) is 0 Å². The van der Waals surface area contributed by atoms with E-state index in [2.05, 4.69) is 16.9 Å². The van der Waals surface area contributed by atoms with Gasteiger partial charge >= 0.3 is 0 Å². The minimum absolute atomic E-state index is 0.0595. The Morgan fingerprint density at radius 3 is 2.81 bits per heavy atom. The van der Waals surface area contributed by atoms with Crippen LogP contribution in [-0.4, -0.2) is 34.8 Å². The quantitative estimate of drug-likeness (QED) is 0.789. The molecule has 0 atom stereocenters. The molecule has 0 saturated heterocycles. The second-order valence-corrected chi connectivity index (χ2v) is 3.84. The maximum atomic E-state index is 9.00. The zero-order valence-electron chi connectivity index (χ0n) is 9.36. The third-order valence-corrected chi connectivity index (χ3v) is 2.61. The smallest absolute Gasteiger partial charge is 0.153 e. The summed E-state index contributed by atoms with van der Waals surface area (Å²) in [5.74, 6) is 0.864. The fraction of sp³-hybridized carbons (Fsp3) is 0.600. The van der Waals surface area contributed by atoms with Crippen LogP contribution < -0.4 is 10.6 Å². The Morgan fingerprint density at radius 2 is 2.19 bits per heavy atom. The molecule has 6 heteroatoms. The molecule has 0 bridgehead atoms. The minimum atomic E-state index is 0.0595. The molecule has 0 aliphatic rings. The van der Waals surface area contributed by atoms with Crippen molar-refractivity contribution in [3.63, 3.8) is 0 Å². The van der Waals surface area contributed by atoms with E-state index < -0.39 is 0 Å². The minimum Gasteiger partial charge on any atom is -0.395 e. The van der Waals surface area contributed by atoms with Gasteiger partial charge in [0.05, 0.1) is 6.61 Å². The maximum Gasteiger partial charge on any atom is 0.153 e. The van der Waals surface area contributed by atoms with Gasteiger partial charge in [-0.05, 0) is 6.42 Å². The fourth-order valence-corrected chi connectivity index (χ4v) is 1.60. The summed E-state index contributed by atoms with van der Waals surface area (Å²) in [7, 11) is 0. The standard InChI is InChI=1S/C10H17ClN4O/c1-2-3-4-15(5-6-16)10-8(11)9(12)13-7-14-10/h7,16H,2-6H2,1H3,(H2,12,13,14). The average molecular weight is 245 g/mol. The lowest BCUT2D eigenvalue weighted by molar-refractivity contribution is 0.301. The SMILES string of the molecule is CCCCN(CCO)c1ncnc(N)c1Cl. The molecule has 16 heavy (non-hydrogen) atoms. The second kappa shape index (κ2) is 6.50. The first-order chi connectivity index (χ1) is 7.70. The number of nitrogens with zero attached hydrogens (tertiary/aromatic N) is 3.